The van der Waals surface area contributed by atoms with Crippen molar-refractivity contribution in [2.75, 3.05) is 13.1 Å². The third-order valence-electron chi connectivity index (χ3n) is 4.05. The van der Waals surface area contributed by atoms with Gasteiger partial charge in [0.15, 0.2) is 0 Å². The minimum atomic E-state index is 0.209. The lowest BCUT2D eigenvalue weighted by atomic mass is 10.0. The van der Waals surface area contributed by atoms with Crippen molar-refractivity contribution in [3.05, 3.63) is 35.4 Å². The Kier molecular flexibility index (Phi) is 7.31. The van der Waals surface area contributed by atoms with E-state index in [-0.39, 0.29) is 5.91 Å². The molecule has 1 amide bonds. The number of hydrogen-bond acceptors (Lipinski definition) is 2. The van der Waals surface area contributed by atoms with Crippen molar-refractivity contribution in [3.63, 3.8) is 0 Å². The molecule has 0 saturated carbocycles. The molecule has 3 heteroatoms. The normalized spacial score (nSPS) is 10.8. The fourth-order valence-electron chi connectivity index (χ4n) is 2.47. The number of nitrogens with zero attached hydrogens (tertiary/aromatic N) is 1. The van der Waals surface area contributed by atoms with Gasteiger partial charge >= 0.3 is 0 Å². The summed E-state index contributed by atoms with van der Waals surface area (Å²) < 4.78 is 0. The van der Waals surface area contributed by atoms with Gasteiger partial charge in [0, 0.05) is 19.6 Å². The van der Waals surface area contributed by atoms with E-state index in [1.165, 1.54) is 0 Å². The summed E-state index contributed by atoms with van der Waals surface area (Å²) in [4.78, 5) is 14.4. The molecule has 1 rings (SSSR count). The zero-order chi connectivity index (χ0) is 15.0. The monoisotopic (exact) mass is 276 g/mol. The largest absolute Gasteiger partial charge is 0.342 e. The molecule has 0 aliphatic rings. The second-order valence-corrected chi connectivity index (χ2v) is 5.26. The van der Waals surface area contributed by atoms with Gasteiger partial charge in [0.05, 0.1) is 6.42 Å². The molecule has 20 heavy (non-hydrogen) atoms. The minimum Gasteiger partial charge on any atom is -0.342 e. The highest BCUT2D eigenvalue weighted by Gasteiger charge is 2.16. The molecule has 1 aromatic rings. The van der Waals surface area contributed by atoms with Gasteiger partial charge in [0.1, 0.15) is 0 Å². The summed E-state index contributed by atoms with van der Waals surface area (Å²) in [6, 6.07) is 7.95. The highest BCUT2D eigenvalue weighted by Crippen LogP contribution is 2.13. The van der Waals surface area contributed by atoms with Crippen LogP contribution in [0.5, 0.6) is 0 Å². The van der Waals surface area contributed by atoms with Crippen molar-refractivity contribution in [2.24, 2.45) is 11.7 Å². The van der Waals surface area contributed by atoms with Gasteiger partial charge in [-0.25, -0.2) is 0 Å². The lowest BCUT2D eigenvalue weighted by Crippen LogP contribution is -2.36. The molecular weight excluding hydrogens is 248 g/mol. The second kappa shape index (κ2) is 8.75. The van der Waals surface area contributed by atoms with Gasteiger partial charge in [-0.2, -0.15) is 0 Å². The third kappa shape index (κ3) is 4.64. The smallest absolute Gasteiger partial charge is 0.227 e. The number of carbonyl (C=O) groups excluding carboxylic acids is 1. The van der Waals surface area contributed by atoms with Crippen LogP contribution in [0.3, 0.4) is 0 Å². The first-order valence-corrected chi connectivity index (χ1v) is 7.70. The molecular formula is C17H28N2O. The summed E-state index contributed by atoms with van der Waals surface area (Å²) in [5.41, 5.74) is 7.86. The third-order valence-corrected chi connectivity index (χ3v) is 4.05. The summed E-state index contributed by atoms with van der Waals surface area (Å²) in [5, 5.41) is 0. The van der Waals surface area contributed by atoms with Crippen LogP contribution in [0, 0.1) is 5.92 Å². The molecule has 0 bridgehead atoms. The second-order valence-electron chi connectivity index (χ2n) is 5.26. The van der Waals surface area contributed by atoms with E-state index in [0.29, 0.717) is 18.9 Å². The van der Waals surface area contributed by atoms with Crippen LogP contribution in [0.25, 0.3) is 0 Å². The Morgan fingerprint density at radius 2 is 1.75 bits per heavy atom. The van der Waals surface area contributed by atoms with Gasteiger partial charge in [-0.3, -0.25) is 4.79 Å². The summed E-state index contributed by atoms with van der Waals surface area (Å²) in [6.07, 6.45) is 2.71. The number of hydrogen-bond donors (Lipinski definition) is 1. The van der Waals surface area contributed by atoms with E-state index in [9.17, 15) is 4.79 Å². The maximum absolute atomic E-state index is 12.5. The predicted molar refractivity (Wildman–Crippen MR) is 84.4 cm³/mol. The standard InChI is InChI=1S/C17H28N2O/c1-4-14(5-2)13-19(6-3)17(20)11-15-9-7-8-10-16(15)12-18/h7-10,14H,4-6,11-13,18H2,1-3H3. The molecule has 1 aromatic carbocycles. The SMILES string of the molecule is CCC(CC)CN(CC)C(=O)Cc1ccccc1CN. The molecule has 0 spiro atoms. The average molecular weight is 276 g/mol. The molecule has 0 aromatic heterocycles. The molecule has 0 saturated heterocycles. The van der Waals surface area contributed by atoms with E-state index in [4.69, 9.17) is 5.73 Å². The molecule has 0 heterocycles. The van der Waals surface area contributed by atoms with Crippen molar-refractivity contribution in [2.45, 2.75) is 46.6 Å². The Labute approximate surface area is 123 Å². The first-order chi connectivity index (χ1) is 9.65. The van der Waals surface area contributed by atoms with Gasteiger partial charge in [0.2, 0.25) is 5.91 Å². The summed E-state index contributed by atoms with van der Waals surface area (Å²) in [7, 11) is 0. The Bertz CT molecular complexity index is 413. The van der Waals surface area contributed by atoms with Gasteiger partial charge in [-0.1, -0.05) is 51.0 Å². The van der Waals surface area contributed by atoms with E-state index >= 15 is 0 Å². The summed E-state index contributed by atoms with van der Waals surface area (Å²) >= 11 is 0. The van der Waals surface area contributed by atoms with Crippen molar-refractivity contribution in [1.82, 2.24) is 4.90 Å². The van der Waals surface area contributed by atoms with Gasteiger partial charge in [-0.15, -0.1) is 0 Å². The van der Waals surface area contributed by atoms with E-state index in [2.05, 4.69) is 20.8 Å². The van der Waals surface area contributed by atoms with Crippen LogP contribution in [-0.2, 0) is 17.8 Å². The Balaban J connectivity index is 2.72. The number of benzene rings is 1. The molecule has 2 N–H and O–H groups in total. The molecule has 3 nitrogen and oxygen atoms in total. The molecule has 0 radical (unpaired) electrons. The highest BCUT2D eigenvalue weighted by molar-refractivity contribution is 5.79. The number of amides is 1. The molecule has 112 valence electrons. The number of nitrogens with two attached hydrogens (primary N) is 1. The van der Waals surface area contributed by atoms with Crippen LogP contribution in [0.15, 0.2) is 24.3 Å². The number of likely N-dealkylation sites (N-methyl/N-ethyl adjacent to an activating group) is 1. The van der Waals surface area contributed by atoms with E-state index in [1.807, 2.05) is 29.2 Å². The fraction of sp³-hybridized carbons (Fsp3) is 0.588. The van der Waals surface area contributed by atoms with Crippen LogP contribution >= 0.6 is 0 Å². The van der Waals surface area contributed by atoms with E-state index in [0.717, 1.165) is 37.1 Å². The van der Waals surface area contributed by atoms with E-state index < -0.39 is 0 Å². The van der Waals surface area contributed by atoms with Crippen molar-refractivity contribution in [3.8, 4) is 0 Å². The van der Waals surface area contributed by atoms with Crippen molar-refractivity contribution < 1.29 is 4.79 Å². The first-order valence-electron chi connectivity index (χ1n) is 7.70. The Morgan fingerprint density at radius 1 is 1.15 bits per heavy atom. The minimum absolute atomic E-state index is 0.209. The topological polar surface area (TPSA) is 46.3 Å². The zero-order valence-electron chi connectivity index (χ0n) is 13.1. The Morgan fingerprint density at radius 3 is 2.25 bits per heavy atom. The predicted octanol–water partition coefficient (Wildman–Crippen LogP) is 2.97. The quantitative estimate of drug-likeness (QED) is 0.793. The molecule has 0 fully saturated rings. The Hall–Kier alpha value is -1.35. The summed E-state index contributed by atoms with van der Waals surface area (Å²) in [6.45, 7) is 8.57. The maximum atomic E-state index is 12.5. The lowest BCUT2D eigenvalue weighted by molar-refractivity contribution is -0.131. The zero-order valence-corrected chi connectivity index (χ0v) is 13.1. The van der Waals surface area contributed by atoms with E-state index in [1.54, 1.807) is 0 Å². The highest BCUT2D eigenvalue weighted by atomic mass is 16.2. The van der Waals surface area contributed by atoms with Crippen molar-refractivity contribution >= 4 is 5.91 Å². The van der Waals surface area contributed by atoms with Crippen LogP contribution in [0.1, 0.15) is 44.7 Å². The molecule has 0 unspecified atom stereocenters. The average Bonchev–Trinajstić information content (AvgIpc) is 2.49. The van der Waals surface area contributed by atoms with Crippen LogP contribution < -0.4 is 5.73 Å². The maximum Gasteiger partial charge on any atom is 0.227 e. The van der Waals surface area contributed by atoms with Crippen LogP contribution in [-0.4, -0.2) is 23.9 Å². The fourth-order valence-corrected chi connectivity index (χ4v) is 2.47. The van der Waals surface area contributed by atoms with Gasteiger partial charge in [0.25, 0.3) is 0 Å². The number of rotatable bonds is 8. The number of carbonyl (C=O) groups is 1. The van der Waals surface area contributed by atoms with Gasteiger partial charge in [-0.05, 0) is 24.0 Å². The van der Waals surface area contributed by atoms with Crippen LogP contribution in [0.4, 0.5) is 0 Å². The molecule has 0 atom stereocenters. The van der Waals surface area contributed by atoms with Crippen LogP contribution in [0.2, 0.25) is 0 Å². The molecule has 0 aliphatic heterocycles. The summed E-state index contributed by atoms with van der Waals surface area (Å²) in [5.74, 6) is 0.809. The molecule has 0 aliphatic carbocycles. The lowest BCUT2D eigenvalue weighted by Gasteiger charge is -2.26. The van der Waals surface area contributed by atoms with Crippen molar-refractivity contribution in [1.29, 1.82) is 0 Å². The van der Waals surface area contributed by atoms with Gasteiger partial charge < -0.3 is 10.6 Å². The first kappa shape index (κ1) is 16.7.